The third kappa shape index (κ3) is 3.62. The van der Waals surface area contributed by atoms with Gasteiger partial charge in [0.15, 0.2) is 0 Å². The van der Waals surface area contributed by atoms with Gasteiger partial charge < -0.3 is 10.5 Å². The first-order valence-corrected chi connectivity index (χ1v) is 6.54. The molecule has 2 nitrogen and oxygen atoms in total. The quantitative estimate of drug-likeness (QED) is 0.866. The van der Waals surface area contributed by atoms with Crippen molar-refractivity contribution in [3.05, 3.63) is 28.3 Å². The third-order valence-electron chi connectivity index (χ3n) is 2.93. The van der Waals surface area contributed by atoms with E-state index >= 15 is 0 Å². The van der Waals surface area contributed by atoms with Crippen molar-refractivity contribution in [2.24, 2.45) is 5.73 Å². The second kappa shape index (κ2) is 6.27. The normalized spacial score (nSPS) is 12.9. The highest BCUT2D eigenvalue weighted by atomic mass is 35.5. The van der Waals surface area contributed by atoms with Gasteiger partial charge in [0.25, 0.3) is 0 Å². The first-order chi connectivity index (χ1) is 7.99. The minimum Gasteiger partial charge on any atom is -0.489 e. The molecule has 2 N–H and O–H groups in total. The minimum absolute atomic E-state index is 0.0786. The summed E-state index contributed by atoms with van der Waals surface area (Å²) >= 11 is 6.22. The average Bonchev–Trinajstić information content (AvgIpc) is 2.27. The van der Waals surface area contributed by atoms with Crippen LogP contribution in [0.4, 0.5) is 0 Å². The van der Waals surface area contributed by atoms with Crippen LogP contribution in [-0.2, 0) is 0 Å². The molecule has 1 atom stereocenters. The largest absolute Gasteiger partial charge is 0.489 e. The summed E-state index contributed by atoms with van der Waals surface area (Å²) in [4.78, 5) is 0. The molecule has 0 spiro atoms. The monoisotopic (exact) mass is 255 g/mol. The van der Waals surface area contributed by atoms with Crippen LogP contribution >= 0.6 is 11.6 Å². The molecule has 0 amide bonds. The van der Waals surface area contributed by atoms with Crippen molar-refractivity contribution in [1.82, 2.24) is 0 Å². The van der Waals surface area contributed by atoms with Crippen LogP contribution in [0, 0.1) is 6.92 Å². The lowest BCUT2D eigenvalue weighted by molar-refractivity contribution is 0.203. The summed E-state index contributed by atoms with van der Waals surface area (Å²) < 4.78 is 5.91. The van der Waals surface area contributed by atoms with Gasteiger partial charge in [0, 0.05) is 11.6 Å². The summed E-state index contributed by atoms with van der Waals surface area (Å²) in [5, 5.41) is 0.811. The number of halogens is 1. The maximum absolute atomic E-state index is 6.22. The van der Waals surface area contributed by atoms with Crippen LogP contribution in [0.15, 0.2) is 12.1 Å². The molecular formula is C14H22ClNO. The Kier molecular flexibility index (Phi) is 5.29. The van der Waals surface area contributed by atoms with Crippen LogP contribution in [-0.4, -0.2) is 12.6 Å². The third-order valence-corrected chi connectivity index (χ3v) is 3.26. The van der Waals surface area contributed by atoms with Gasteiger partial charge >= 0.3 is 0 Å². The molecular weight excluding hydrogens is 234 g/mol. The number of aryl methyl sites for hydroxylation is 1. The van der Waals surface area contributed by atoms with Crippen LogP contribution in [0.1, 0.15) is 44.2 Å². The van der Waals surface area contributed by atoms with E-state index in [0.29, 0.717) is 12.5 Å². The van der Waals surface area contributed by atoms with Crippen molar-refractivity contribution in [2.75, 3.05) is 6.54 Å². The summed E-state index contributed by atoms with van der Waals surface area (Å²) in [6.45, 7) is 8.87. The summed E-state index contributed by atoms with van der Waals surface area (Å²) in [6, 6.07) is 4.01. The van der Waals surface area contributed by atoms with E-state index in [-0.39, 0.29) is 6.10 Å². The zero-order chi connectivity index (χ0) is 13.0. The van der Waals surface area contributed by atoms with E-state index in [1.54, 1.807) is 0 Å². The van der Waals surface area contributed by atoms with Crippen molar-refractivity contribution in [1.29, 1.82) is 0 Å². The molecule has 96 valence electrons. The van der Waals surface area contributed by atoms with Crippen molar-refractivity contribution >= 4 is 11.6 Å². The second-order valence-corrected chi connectivity index (χ2v) is 5.08. The predicted molar refractivity (Wildman–Crippen MR) is 74.0 cm³/mol. The van der Waals surface area contributed by atoms with Gasteiger partial charge in [-0.1, -0.05) is 32.4 Å². The van der Waals surface area contributed by atoms with E-state index in [2.05, 4.69) is 20.8 Å². The predicted octanol–water partition coefficient (Wildman–Crippen LogP) is 3.89. The molecule has 1 aromatic rings. The molecule has 1 unspecified atom stereocenters. The molecule has 1 aromatic carbocycles. The Morgan fingerprint density at radius 2 is 2.00 bits per heavy atom. The number of rotatable bonds is 5. The van der Waals surface area contributed by atoms with Crippen molar-refractivity contribution in [3.8, 4) is 5.75 Å². The molecule has 0 aliphatic rings. The fraction of sp³-hybridized carbons (Fsp3) is 0.571. The number of hydrogen-bond acceptors (Lipinski definition) is 2. The van der Waals surface area contributed by atoms with Crippen LogP contribution < -0.4 is 10.5 Å². The van der Waals surface area contributed by atoms with Crippen LogP contribution in [0.3, 0.4) is 0 Å². The molecule has 0 aromatic heterocycles. The van der Waals surface area contributed by atoms with Crippen molar-refractivity contribution in [2.45, 2.75) is 46.1 Å². The Morgan fingerprint density at radius 3 is 2.47 bits per heavy atom. The van der Waals surface area contributed by atoms with Crippen LogP contribution in [0.5, 0.6) is 5.75 Å². The highest BCUT2D eigenvalue weighted by molar-refractivity contribution is 6.31. The fourth-order valence-corrected chi connectivity index (χ4v) is 2.15. The average molecular weight is 256 g/mol. The van der Waals surface area contributed by atoms with E-state index in [4.69, 9.17) is 22.1 Å². The van der Waals surface area contributed by atoms with Gasteiger partial charge in [-0.05, 0) is 42.5 Å². The second-order valence-electron chi connectivity index (χ2n) is 4.68. The molecule has 0 fully saturated rings. The Morgan fingerprint density at radius 1 is 1.35 bits per heavy atom. The van der Waals surface area contributed by atoms with Gasteiger partial charge in [-0.15, -0.1) is 0 Å². The molecule has 17 heavy (non-hydrogen) atoms. The molecule has 0 saturated heterocycles. The summed E-state index contributed by atoms with van der Waals surface area (Å²) in [5.41, 5.74) is 7.84. The number of hydrogen-bond donors (Lipinski definition) is 1. The topological polar surface area (TPSA) is 35.2 Å². The molecule has 0 saturated carbocycles. The fourth-order valence-electron chi connectivity index (χ4n) is 1.72. The lowest BCUT2D eigenvalue weighted by Crippen LogP contribution is -2.26. The number of benzene rings is 1. The Hall–Kier alpha value is -0.730. The van der Waals surface area contributed by atoms with Crippen LogP contribution in [0.2, 0.25) is 5.02 Å². The minimum atomic E-state index is 0.0786. The van der Waals surface area contributed by atoms with Crippen LogP contribution in [0.25, 0.3) is 0 Å². The SMILES string of the molecule is CCC(CN)Oc1cc(C(C)C)c(Cl)cc1C. The first kappa shape index (κ1) is 14.3. The van der Waals surface area contributed by atoms with Gasteiger partial charge in [-0.25, -0.2) is 0 Å². The van der Waals surface area contributed by atoms with Gasteiger partial charge in [-0.2, -0.15) is 0 Å². The van der Waals surface area contributed by atoms with Crippen molar-refractivity contribution < 1.29 is 4.74 Å². The summed E-state index contributed by atoms with van der Waals surface area (Å²) in [6.07, 6.45) is 0.991. The molecule has 0 heterocycles. The van der Waals surface area contributed by atoms with E-state index in [1.165, 1.54) is 0 Å². The van der Waals surface area contributed by atoms with Gasteiger partial charge in [-0.3, -0.25) is 0 Å². The molecule has 3 heteroatoms. The molecule has 0 aliphatic carbocycles. The molecule has 0 radical (unpaired) electrons. The maximum atomic E-state index is 6.22. The van der Waals surface area contributed by atoms with E-state index < -0.39 is 0 Å². The zero-order valence-electron chi connectivity index (χ0n) is 11.1. The Labute approximate surface area is 109 Å². The molecule has 1 rings (SSSR count). The number of nitrogens with two attached hydrogens (primary N) is 1. The van der Waals surface area contributed by atoms with Gasteiger partial charge in [0.05, 0.1) is 0 Å². The van der Waals surface area contributed by atoms with E-state index in [9.17, 15) is 0 Å². The van der Waals surface area contributed by atoms with Gasteiger partial charge in [0.1, 0.15) is 11.9 Å². The Balaban J connectivity index is 3.03. The lowest BCUT2D eigenvalue weighted by Gasteiger charge is -2.19. The van der Waals surface area contributed by atoms with E-state index in [0.717, 1.165) is 28.3 Å². The first-order valence-electron chi connectivity index (χ1n) is 6.16. The summed E-state index contributed by atoms with van der Waals surface area (Å²) in [7, 11) is 0. The lowest BCUT2D eigenvalue weighted by atomic mass is 10.0. The highest BCUT2D eigenvalue weighted by Crippen LogP contribution is 2.31. The van der Waals surface area contributed by atoms with Gasteiger partial charge in [0.2, 0.25) is 0 Å². The Bertz CT molecular complexity index is 373. The summed E-state index contributed by atoms with van der Waals surface area (Å²) in [5.74, 6) is 1.29. The molecule has 0 aliphatic heterocycles. The smallest absolute Gasteiger partial charge is 0.123 e. The zero-order valence-corrected chi connectivity index (χ0v) is 11.8. The number of ether oxygens (including phenoxy) is 1. The maximum Gasteiger partial charge on any atom is 0.123 e. The van der Waals surface area contributed by atoms with Crippen molar-refractivity contribution in [3.63, 3.8) is 0 Å². The van der Waals surface area contributed by atoms with E-state index in [1.807, 2.05) is 19.1 Å². The standard InChI is InChI=1S/C14H22ClNO/c1-5-11(8-16)17-14-7-12(9(2)3)13(15)6-10(14)4/h6-7,9,11H,5,8,16H2,1-4H3. The molecule has 0 bridgehead atoms. The highest BCUT2D eigenvalue weighted by Gasteiger charge is 2.12.